The maximum absolute atomic E-state index is 12.4. The molecule has 0 saturated carbocycles. The summed E-state index contributed by atoms with van der Waals surface area (Å²) in [5.74, 6) is 0.565. The molecule has 0 aromatic heterocycles. The van der Waals surface area contributed by atoms with Crippen molar-refractivity contribution < 1.29 is 23.4 Å². The topological polar surface area (TPSA) is 38.7 Å². The van der Waals surface area contributed by atoms with Gasteiger partial charge in [0.25, 0.3) is 0 Å². The number of halogens is 3. The minimum atomic E-state index is -2.94. The Hall–Kier alpha value is -1.66. The normalized spacial score (nSPS) is 12.3. The van der Waals surface area contributed by atoms with E-state index in [1.54, 1.807) is 36.4 Å². The Balaban J connectivity index is 2.35. The molecule has 0 aliphatic heterocycles. The lowest BCUT2D eigenvalue weighted by Gasteiger charge is -2.17. The molecule has 1 N–H and O–H groups in total. The molecule has 1 unspecified atom stereocenters. The van der Waals surface area contributed by atoms with Crippen molar-refractivity contribution in [2.45, 2.75) is 12.7 Å². The van der Waals surface area contributed by atoms with E-state index in [4.69, 9.17) is 4.74 Å². The predicted molar refractivity (Wildman–Crippen MR) is 77.8 cm³/mol. The second kappa shape index (κ2) is 6.87. The molecule has 2 aromatic rings. The van der Waals surface area contributed by atoms with E-state index in [1.807, 2.05) is 0 Å². The Morgan fingerprint density at radius 3 is 2.43 bits per heavy atom. The molecule has 0 spiro atoms. The van der Waals surface area contributed by atoms with Gasteiger partial charge in [0.05, 0.1) is 11.6 Å². The van der Waals surface area contributed by atoms with Gasteiger partial charge in [-0.05, 0) is 39.7 Å². The maximum Gasteiger partial charge on any atom is 0.387 e. The highest BCUT2D eigenvalue weighted by molar-refractivity contribution is 9.10. The van der Waals surface area contributed by atoms with Crippen molar-refractivity contribution in [2.24, 2.45) is 0 Å². The van der Waals surface area contributed by atoms with E-state index in [0.29, 0.717) is 15.8 Å². The molecule has 21 heavy (non-hydrogen) atoms. The molecular weight excluding hydrogens is 346 g/mol. The summed E-state index contributed by atoms with van der Waals surface area (Å²) in [5.41, 5.74) is 0.808. The van der Waals surface area contributed by atoms with Gasteiger partial charge in [0.15, 0.2) is 0 Å². The van der Waals surface area contributed by atoms with E-state index in [-0.39, 0.29) is 11.3 Å². The molecule has 2 aromatic carbocycles. The fraction of sp³-hybridized carbons (Fsp3) is 0.200. The second-order valence-electron chi connectivity index (χ2n) is 4.21. The van der Waals surface area contributed by atoms with E-state index >= 15 is 0 Å². The molecule has 0 saturated heterocycles. The van der Waals surface area contributed by atoms with Gasteiger partial charge >= 0.3 is 6.61 Å². The number of ether oxygens (including phenoxy) is 2. The number of hydrogen-bond acceptors (Lipinski definition) is 3. The fourth-order valence-corrected chi connectivity index (χ4v) is 2.50. The third-order valence-electron chi connectivity index (χ3n) is 2.92. The summed E-state index contributed by atoms with van der Waals surface area (Å²) in [5, 5.41) is 10.4. The molecule has 0 aliphatic rings. The first kappa shape index (κ1) is 15.7. The standard InChI is InChI=1S/C15H13BrF2O3/c1-20-13-7-6-9(8-11(13)16)14(19)10-4-2-3-5-12(10)21-15(17)18/h2-8,14-15,19H,1H3. The van der Waals surface area contributed by atoms with Crippen LogP contribution in [-0.2, 0) is 0 Å². The summed E-state index contributed by atoms with van der Waals surface area (Å²) in [7, 11) is 1.53. The molecule has 0 fully saturated rings. The zero-order chi connectivity index (χ0) is 15.4. The predicted octanol–water partition coefficient (Wildman–Crippen LogP) is 4.14. The lowest BCUT2D eigenvalue weighted by molar-refractivity contribution is -0.0512. The van der Waals surface area contributed by atoms with Gasteiger partial charge in [-0.1, -0.05) is 24.3 Å². The average molecular weight is 359 g/mol. The number of hydrogen-bond donors (Lipinski definition) is 1. The number of methoxy groups -OCH3 is 1. The summed E-state index contributed by atoms with van der Waals surface area (Å²) in [4.78, 5) is 0. The molecule has 0 aliphatic carbocycles. The smallest absolute Gasteiger partial charge is 0.387 e. The van der Waals surface area contributed by atoms with Gasteiger partial charge < -0.3 is 14.6 Å². The van der Waals surface area contributed by atoms with Crippen LogP contribution < -0.4 is 9.47 Å². The minimum absolute atomic E-state index is 0.0491. The van der Waals surface area contributed by atoms with Gasteiger partial charge in [0.2, 0.25) is 0 Å². The first-order chi connectivity index (χ1) is 10.0. The summed E-state index contributed by atoms with van der Waals surface area (Å²) >= 11 is 3.32. The van der Waals surface area contributed by atoms with Crippen molar-refractivity contribution in [3.05, 3.63) is 58.1 Å². The molecular formula is C15H13BrF2O3. The SMILES string of the molecule is COc1ccc(C(O)c2ccccc2OC(F)F)cc1Br. The number of aliphatic hydroxyl groups is 1. The molecule has 3 nitrogen and oxygen atoms in total. The van der Waals surface area contributed by atoms with Crippen LogP contribution in [0.2, 0.25) is 0 Å². The van der Waals surface area contributed by atoms with Crippen LogP contribution in [0.4, 0.5) is 8.78 Å². The fourth-order valence-electron chi connectivity index (χ4n) is 1.94. The second-order valence-corrected chi connectivity index (χ2v) is 5.07. The van der Waals surface area contributed by atoms with Crippen LogP contribution in [0.1, 0.15) is 17.2 Å². The Morgan fingerprint density at radius 1 is 1.10 bits per heavy atom. The molecule has 0 heterocycles. The molecule has 0 amide bonds. The lowest BCUT2D eigenvalue weighted by Crippen LogP contribution is -2.08. The van der Waals surface area contributed by atoms with E-state index in [0.717, 1.165) is 0 Å². The van der Waals surface area contributed by atoms with Crippen molar-refractivity contribution in [1.29, 1.82) is 0 Å². The Bertz CT molecular complexity index is 620. The third-order valence-corrected chi connectivity index (χ3v) is 3.54. The van der Waals surface area contributed by atoms with Crippen LogP contribution >= 0.6 is 15.9 Å². The van der Waals surface area contributed by atoms with Gasteiger partial charge in [-0.2, -0.15) is 8.78 Å². The number of rotatable bonds is 5. The Labute approximate surface area is 129 Å². The molecule has 0 bridgehead atoms. The Morgan fingerprint density at radius 2 is 1.81 bits per heavy atom. The van der Waals surface area contributed by atoms with Crippen molar-refractivity contribution in [2.75, 3.05) is 7.11 Å². The van der Waals surface area contributed by atoms with Crippen molar-refractivity contribution in [3.8, 4) is 11.5 Å². The summed E-state index contributed by atoms with van der Waals surface area (Å²) < 4.78 is 35.0. The monoisotopic (exact) mass is 358 g/mol. The first-order valence-corrected chi connectivity index (χ1v) is 6.87. The van der Waals surface area contributed by atoms with Crippen LogP contribution in [0.25, 0.3) is 0 Å². The zero-order valence-corrected chi connectivity index (χ0v) is 12.7. The van der Waals surface area contributed by atoms with Gasteiger partial charge in [0, 0.05) is 5.56 Å². The number of alkyl halides is 2. The molecule has 1 atom stereocenters. The highest BCUT2D eigenvalue weighted by atomic mass is 79.9. The van der Waals surface area contributed by atoms with E-state index < -0.39 is 12.7 Å². The van der Waals surface area contributed by atoms with Crippen molar-refractivity contribution in [3.63, 3.8) is 0 Å². The number of benzene rings is 2. The summed E-state index contributed by atoms with van der Waals surface area (Å²) in [6, 6.07) is 11.2. The van der Waals surface area contributed by atoms with Crippen LogP contribution in [0.15, 0.2) is 46.9 Å². The largest absolute Gasteiger partial charge is 0.496 e. The maximum atomic E-state index is 12.4. The van der Waals surface area contributed by atoms with Crippen LogP contribution in [-0.4, -0.2) is 18.8 Å². The third kappa shape index (κ3) is 3.71. The van der Waals surface area contributed by atoms with Crippen LogP contribution in [0.5, 0.6) is 11.5 Å². The quantitative estimate of drug-likeness (QED) is 0.872. The van der Waals surface area contributed by atoms with Crippen LogP contribution in [0, 0.1) is 0 Å². The van der Waals surface area contributed by atoms with Gasteiger partial charge in [-0.25, -0.2) is 0 Å². The van der Waals surface area contributed by atoms with Gasteiger partial charge in [-0.3, -0.25) is 0 Å². The van der Waals surface area contributed by atoms with E-state index in [2.05, 4.69) is 20.7 Å². The number of aliphatic hydroxyl groups excluding tert-OH is 1. The van der Waals surface area contributed by atoms with Crippen molar-refractivity contribution in [1.82, 2.24) is 0 Å². The summed E-state index contributed by atoms with van der Waals surface area (Å²) in [6.45, 7) is -2.94. The van der Waals surface area contributed by atoms with Crippen molar-refractivity contribution >= 4 is 15.9 Å². The first-order valence-electron chi connectivity index (χ1n) is 6.08. The molecule has 112 valence electrons. The van der Waals surface area contributed by atoms with E-state index in [1.165, 1.54) is 13.2 Å². The minimum Gasteiger partial charge on any atom is -0.496 e. The van der Waals surface area contributed by atoms with Crippen LogP contribution in [0.3, 0.4) is 0 Å². The summed E-state index contributed by atoms with van der Waals surface area (Å²) in [6.07, 6.45) is -1.08. The molecule has 6 heteroatoms. The lowest BCUT2D eigenvalue weighted by atomic mass is 10.0. The van der Waals surface area contributed by atoms with E-state index in [9.17, 15) is 13.9 Å². The number of para-hydroxylation sites is 1. The molecule has 0 radical (unpaired) electrons. The highest BCUT2D eigenvalue weighted by Crippen LogP contribution is 2.34. The Kier molecular flexibility index (Phi) is 5.14. The van der Waals surface area contributed by atoms with Gasteiger partial charge in [-0.15, -0.1) is 0 Å². The zero-order valence-electron chi connectivity index (χ0n) is 11.1. The average Bonchev–Trinajstić information content (AvgIpc) is 2.46. The highest BCUT2D eigenvalue weighted by Gasteiger charge is 2.18. The molecule has 2 rings (SSSR count). The van der Waals surface area contributed by atoms with Gasteiger partial charge in [0.1, 0.15) is 17.6 Å².